The lowest BCUT2D eigenvalue weighted by atomic mass is 9.86. The third-order valence-corrected chi connectivity index (χ3v) is 2.27. The van der Waals surface area contributed by atoms with Crippen molar-refractivity contribution in [3.05, 3.63) is 24.3 Å². The van der Waals surface area contributed by atoms with Crippen molar-refractivity contribution in [2.75, 3.05) is 0 Å². The lowest BCUT2D eigenvalue weighted by molar-refractivity contribution is 0.447. The zero-order chi connectivity index (χ0) is 8.85. The van der Waals surface area contributed by atoms with Crippen molar-refractivity contribution in [3.63, 3.8) is 0 Å². The second-order valence-corrected chi connectivity index (χ2v) is 3.41. The van der Waals surface area contributed by atoms with Crippen molar-refractivity contribution in [3.8, 4) is 0 Å². The highest BCUT2D eigenvalue weighted by atomic mass is 14.2. The second kappa shape index (κ2) is 5.17. The van der Waals surface area contributed by atoms with E-state index in [-0.39, 0.29) is 0 Å². The van der Waals surface area contributed by atoms with Crippen LogP contribution in [0.3, 0.4) is 0 Å². The van der Waals surface area contributed by atoms with Gasteiger partial charge in [-0.3, -0.25) is 0 Å². The topological polar surface area (TPSA) is 0 Å². The summed E-state index contributed by atoms with van der Waals surface area (Å²) in [7, 11) is 0. The van der Waals surface area contributed by atoms with Gasteiger partial charge in [-0.1, -0.05) is 31.6 Å². The Labute approximate surface area is 71.0 Å². The Morgan fingerprint density at radius 3 is 2.27 bits per heavy atom. The van der Waals surface area contributed by atoms with Gasteiger partial charge in [-0.25, -0.2) is 0 Å². The van der Waals surface area contributed by atoms with Crippen molar-refractivity contribution in [1.29, 1.82) is 0 Å². The minimum Gasteiger partial charge on any atom is -0.103 e. The molecule has 11 heavy (non-hydrogen) atoms. The van der Waals surface area contributed by atoms with Crippen LogP contribution in [0.15, 0.2) is 24.3 Å². The molecule has 0 aromatic rings. The lowest BCUT2D eigenvalue weighted by Crippen LogP contribution is -2.08. The van der Waals surface area contributed by atoms with Crippen LogP contribution in [0, 0.1) is 11.8 Å². The minimum atomic E-state index is 0.692. The molecule has 0 fully saturated rings. The third kappa shape index (κ3) is 3.41. The molecule has 0 aliphatic heterocycles. The monoisotopic (exact) mass is 152 g/mol. The van der Waals surface area contributed by atoms with Gasteiger partial charge in [0, 0.05) is 0 Å². The molecule has 0 heteroatoms. The smallest absolute Gasteiger partial charge is 0.0149 e. The molecule has 0 amide bonds. The van der Waals surface area contributed by atoms with Gasteiger partial charge in [0.25, 0.3) is 0 Å². The summed E-state index contributed by atoms with van der Waals surface area (Å²) in [5, 5.41) is 0. The molecule has 0 aliphatic carbocycles. The summed E-state index contributed by atoms with van der Waals surface area (Å²) < 4.78 is 0. The van der Waals surface area contributed by atoms with E-state index in [0.29, 0.717) is 5.92 Å². The number of hydrogen-bond donors (Lipinski definition) is 0. The van der Waals surface area contributed by atoms with E-state index in [1.807, 2.05) is 6.08 Å². The lowest BCUT2D eigenvalue weighted by Gasteiger charge is -2.19. The van der Waals surface area contributed by atoms with E-state index in [1.165, 1.54) is 5.57 Å². The van der Waals surface area contributed by atoms with Crippen molar-refractivity contribution in [2.45, 2.75) is 34.1 Å². The molecular formula is C11H20. The molecule has 0 aliphatic rings. The molecule has 0 unspecified atom stereocenters. The van der Waals surface area contributed by atoms with Crippen LogP contribution in [0.1, 0.15) is 34.1 Å². The van der Waals surface area contributed by atoms with Crippen LogP contribution >= 0.6 is 0 Å². The van der Waals surface area contributed by atoms with Gasteiger partial charge in [0.05, 0.1) is 0 Å². The van der Waals surface area contributed by atoms with Crippen LogP contribution in [0.5, 0.6) is 0 Å². The van der Waals surface area contributed by atoms with Gasteiger partial charge >= 0.3 is 0 Å². The highest BCUT2D eigenvalue weighted by Gasteiger charge is 2.11. The van der Waals surface area contributed by atoms with Crippen LogP contribution in [-0.4, -0.2) is 0 Å². The summed E-state index contributed by atoms with van der Waals surface area (Å²) in [4.78, 5) is 0. The van der Waals surface area contributed by atoms with Crippen LogP contribution in [0.4, 0.5) is 0 Å². The fraction of sp³-hybridized carbons (Fsp3) is 0.636. The Hall–Kier alpha value is -0.520. The van der Waals surface area contributed by atoms with Crippen LogP contribution in [0.25, 0.3) is 0 Å². The standard InChI is InChI=1S/C11H20/c1-6-8-11(9(3)4)10(5)7-2/h6-7,9,11H,1,8H2,2-5H3/b10-7-/t11-/m0/s1. The second-order valence-electron chi connectivity index (χ2n) is 3.41. The van der Waals surface area contributed by atoms with Crippen molar-refractivity contribution < 1.29 is 0 Å². The van der Waals surface area contributed by atoms with Gasteiger partial charge in [0.2, 0.25) is 0 Å². The van der Waals surface area contributed by atoms with Gasteiger partial charge in [-0.15, -0.1) is 6.58 Å². The van der Waals surface area contributed by atoms with E-state index in [9.17, 15) is 0 Å². The van der Waals surface area contributed by atoms with E-state index < -0.39 is 0 Å². The van der Waals surface area contributed by atoms with Gasteiger partial charge in [-0.05, 0) is 32.1 Å². The molecule has 0 N–H and O–H groups in total. The molecule has 0 radical (unpaired) electrons. The first kappa shape index (κ1) is 10.5. The summed E-state index contributed by atoms with van der Waals surface area (Å²) in [6.45, 7) is 12.6. The first-order valence-corrected chi connectivity index (χ1v) is 4.37. The van der Waals surface area contributed by atoms with Crippen molar-refractivity contribution >= 4 is 0 Å². The molecule has 0 rings (SSSR count). The Balaban J connectivity index is 4.20. The summed E-state index contributed by atoms with van der Waals surface area (Å²) in [5.74, 6) is 1.42. The third-order valence-electron chi connectivity index (χ3n) is 2.27. The van der Waals surface area contributed by atoms with E-state index in [1.54, 1.807) is 0 Å². The SMILES string of the molecule is C=CC[C@H](/C(C)=C\C)C(C)C. The number of hydrogen-bond acceptors (Lipinski definition) is 0. The van der Waals surface area contributed by atoms with Gasteiger partial charge in [-0.2, -0.15) is 0 Å². The highest BCUT2D eigenvalue weighted by Crippen LogP contribution is 2.23. The van der Waals surface area contributed by atoms with E-state index in [0.717, 1.165) is 12.3 Å². The van der Waals surface area contributed by atoms with Gasteiger partial charge in [0.15, 0.2) is 0 Å². The zero-order valence-electron chi connectivity index (χ0n) is 8.22. The van der Waals surface area contributed by atoms with Crippen molar-refractivity contribution in [2.24, 2.45) is 11.8 Å². The molecule has 0 spiro atoms. The minimum absolute atomic E-state index is 0.692. The number of allylic oxidation sites excluding steroid dienone is 3. The van der Waals surface area contributed by atoms with Gasteiger partial charge in [0.1, 0.15) is 0 Å². The molecule has 0 nitrogen and oxygen atoms in total. The van der Waals surface area contributed by atoms with Crippen LogP contribution in [-0.2, 0) is 0 Å². The molecular weight excluding hydrogens is 132 g/mol. The summed E-state index contributed by atoms with van der Waals surface area (Å²) >= 11 is 0. The maximum atomic E-state index is 3.77. The van der Waals surface area contributed by atoms with Crippen molar-refractivity contribution in [1.82, 2.24) is 0 Å². The van der Waals surface area contributed by atoms with Crippen LogP contribution in [0.2, 0.25) is 0 Å². The Kier molecular flexibility index (Phi) is 4.93. The summed E-state index contributed by atoms with van der Waals surface area (Å²) in [5.41, 5.74) is 1.49. The highest BCUT2D eigenvalue weighted by molar-refractivity contribution is 5.04. The molecule has 0 saturated carbocycles. The first-order valence-electron chi connectivity index (χ1n) is 4.37. The summed E-state index contributed by atoms with van der Waals surface area (Å²) in [6.07, 6.45) is 5.32. The maximum absolute atomic E-state index is 3.77. The molecule has 0 saturated heterocycles. The average molecular weight is 152 g/mol. The largest absolute Gasteiger partial charge is 0.103 e. The van der Waals surface area contributed by atoms with Crippen LogP contribution < -0.4 is 0 Å². The predicted octanol–water partition coefficient (Wildman–Crippen LogP) is 3.80. The maximum Gasteiger partial charge on any atom is -0.0149 e. The van der Waals surface area contributed by atoms with Gasteiger partial charge < -0.3 is 0 Å². The fourth-order valence-electron chi connectivity index (χ4n) is 1.38. The Morgan fingerprint density at radius 1 is 1.45 bits per heavy atom. The zero-order valence-corrected chi connectivity index (χ0v) is 8.22. The normalized spacial score (nSPS) is 15.2. The van der Waals surface area contributed by atoms with E-state index in [4.69, 9.17) is 0 Å². The predicted molar refractivity (Wildman–Crippen MR) is 52.6 cm³/mol. The first-order chi connectivity index (χ1) is 5.13. The Morgan fingerprint density at radius 2 is 2.00 bits per heavy atom. The molecule has 0 aromatic carbocycles. The van der Waals surface area contributed by atoms with E-state index >= 15 is 0 Å². The van der Waals surface area contributed by atoms with E-state index in [2.05, 4.69) is 40.3 Å². The fourth-order valence-corrected chi connectivity index (χ4v) is 1.38. The summed E-state index contributed by atoms with van der Waals surface area (Å²) in [6, 6.07) is 0. The quantitative estimate of drug-likeness (QED) is 0.537. The average Bonchev–Trinajstić information content (AvgIpc) is 1.98. The number of rotatable bonds is 4. The Bertz CT molecular complexity index is 140. The molecule has 0 heterocycles. The molecule has 64 valence electrons. The molecule has 0 aromatic heterocycles. The molecule has 0 bridgehead atoms. The molecule has 1 atom stereocenters.